The molecule has 24 heavy (non-hydrogen) atoms. The Morgan fingerprint density at radius 2 is 1.83 bits per heavy atom. The topological polar surface area (TPSA) is 62.7 Å². The minimum Gasteiger partial charge on any atom is -0.346 e. The van der Waals surface area contributed by atoms with E-state index >= 15 is 0 Å². The summed E-state index contributed by atoms with van der Waals surface area (Å²) in [6, 6.07) is 15.3. The molecule has 2 N–H and O–H groups in total. The summed E-state index contributed by atoms with van der Waals surface area (Å²) in [7, 11) is 0. The summed E-state index contributed by atoms with van der Waals surface area (Å²) in [4.78, 5) is 4.41. The molecule has 0 bridgehead atoms. The van der Waals surface area contributed by atoms with Crippen molar-refractivity contribution >= 4 is 40.7 Å². The van der Waals surface area contributed by atoms with Crippen LogP contribution < -0.4 is 10.6 Å². The number of rotatable bonds is 5. The lowest BCUT2D eigenvalue weighted by atomic mass is 10.1. The van der Waals surface area contributed by atoms with Gasteiger partial charge in [0.15, 0.2) is 5.82 Å². The molecule has 0 saturated heterocycles. The van der Waals surface area contributed by atoms with Gasteiger partial charge in [0.2, 0.25) is 5.95 Å². The molecule has 0 aliphatic rings. The van der Waals surface area contributed by atoms with Gasteiger partial charge in [-0.3, -0.25) is 0 Å². The normalized spacial score (nSPS) is 11.8. The summed E-state index contributed by atoms with van der Waals surface area (Å²) in [5.74, 6) is 0.971. The van der Waals surface area contributed by atoms with Crippen molar-refractivity contribution in [2.24, 2.45) is 0 Å². The molecule has 0 fully saturated rings. The van der Waals surface area contributed by atoms with Crippen molar-refractivity contribution in [1.82, 2.24) is 15.2 Å². The van der Waals surface area contributed by atoms with Crippen molar-refractivity contribution in [2.45, 2.75) is 13.0 Å². The maximum atomic E-state index is 6.16. The molecule has 3 aromatic rings. The van der Waals surface area contributed by atoms with E-state index in [2.05, 4.69) is 25.8 Å². The van der Waals surface area contributed by atoms with Gasteiger partial charge in [-0.2, -0.15) is 10.1 Å². The quantitative estimate of drug-likeness (QED) is 0.663. The van der Waals surface area contributed by atoms with Crippen LogP contribution in [0.4, 0.5) is 17.5 Å². The first-order chi connectivity index (χ1) is 11.6. The minimum absolute atomic E-state index is 0.0577. The Morgan fingerprint density at radius 3 is 2.58 bits per heavy atom. The number of hydrogen-bond donors (Lipinski definition) is 2. The summed E-state index contributed by atoms with van der Waals surface area (Å²) < 4.78 is 0. The second-order valence-corrected chi connectivity index (χ2v) is 6.03. The molecule has 1 aromatic heterocycles. The maximum Gasteiger partial charge on any atom is 0.245 e. The van der Waals surface area contributed by atoms with E-state index in [1.807, 2.05) is 37.3 Å². The molecule has 0 radical (unpaired) electrons. The Labute approximate surface area is 150 Å². The van der Waals surface area contributed by atoms with Crippen molar-refractivity contribution in [3.63, 3.8) is 0 Å². The predicted octanol–water partition coefficient (Wildman–Crippen LogP) is 5.10. The lowest BCUT2D eigenvalue weighted by molar-refractivity contribution is 0.841. The Hall–Kier alpha value is -2.37. The Bertz CT molecular complexity index is 826. The third-order valence-electron chi connectivity index (χ3n) is 3.40. The van der Waals surface area contributed by atoms with Gasteiger partial charge in [0.1, 0.15) is 0 Å². The van der Waals surface area contributed by atoms with Crippen LogP contribution in [0.15, 0.2) is 54.7 Å². The van der Waals surface area contributed by atoms with Gasteiger partial charge in [-0.1, -0.05) is 53.5 Å². The van der Waals surface area contributed by atoms with E-state index in [1.165, 1.54) is 6.20 Å². The zero-order valence-electron chi connectivity index (χ0n) is 12.9. The van der Waals surface area contributed by atoms with E-state index in [4.69, 9.17) is 23.2 Å². The van der Waals surface area contributed by atoms with E-state index in [0.29, 0.717) is 27.5 Å². The SMILES string of the molecule is CC(Nc1nncc(Nc2ccc(Cl)cc2Cl)n1)c1ccccc1. The number of aromatic nitrogens is 3. The average Bonchev–Trinajstić information content (AvgIpc) is 2.58. The third kappa shape index (κ3) is 4.13. The van der Waals surface area contributed by atoms with E-state index in [1.54, 1.807) is 18.2 Å². The molecule has 0 aliphatic carbocycles. The summed E-state index contributed by atoms with van der Waals surface area (Å²) in [5, 5.41) is 15.4. The molecule has 122 valence electrons. The van der Waals surface area contributed by atoms with Crippen LogP contribution in [0, 0.1) is 0 Å². The van der Waals surface area contributed by atoms with Crippen LogP contribution in [0.2, 0.25) is 10.0 Å². The molecule has 1 unspecified atom stereocenters. The summed E-state index contributed by atoms with van der Waals surface area (Å²) in [6.45, 7) is 2.04. The van der Waals surface area contributed by atoms with Crippen molar-refractivity contribution in [2.75, 3.05) is 10.6 Å². The van der Waals surface area contributed by atoms with Crippen LogP contribution in [-0.2, 0) is 0 Å². The van der Waals surface area contributed by atoms with Gasteiger partial charge in [0, 0.05) is 5.02 Å². The van der Waals surface area contributed by atoms with Crippen LogP contribution in [0.1, 0.15) is 18.5 Å². The van der Waals surface area contributed by atoms with Gasteiger partial charge >= 0.3 is 0 Å². The predicted molar refractivity (Wildman–Crippen MR) is 98.1 cm³/mol. The smallest absolute Gasteiger partial charge is 0.245 e. The van der Waals surface area contributed by atoms with Crippen molar-refractivity contribution in [1.29, 1.82) is 0 Å². The fourth-order valence-corrected chi connectivity index (χ4v) is 2.63. The molecule has 0 spiro atoms. The molecule has 1 atom stereocenters. The van der Waals surface area contributed by atoms with Crippen molar-refractivity contribution in [3.8, 4) is 0 Å². The van der Waals surface area contributed by atoms with Gasteiger partial charge in [0.05, 0.1) is 22.9 Å². The van der Waals surface area contributed by atoms with Crippen LogP contribution in [0.5, 0.6) is 0 Å². The molecule has 0 aliphatic heterocycles. The number of nitrogens with zero attached hydrogens (tertiary/aromatic N) is 3. The monoisotopic (exact) mass is 359 g/mol. The zero-order valence-corrected chi connectivity index (χ0v) is 14.4. The van der Waals surface area contributed by atoms with Gasteiger partial charge in [-0.15, -0.1) is 5.10 Å². The Morgan fingerprint density at radius 1 is 1.04 bits per heavy atom. The number of halogens is 2. The highest BCUT2D eigenvalue weighted by Crippen LogP contribution is 2.27. The zero-order chi connectivity index (χ0) is 16.9. The minimum atomic E-state index is 0.0577. The first-order valence-electron chi connectivity index (χ1n) is 7.35. The number of hydrogen-bond acceptors (Lipinski definition) is 5. The molecule has 7 heteroatoms. The van der Waals surface area contributed by atoms with Crippen LogP contribution >= 0.6 is 23.2 Å². The maximum absolute atomic E-state index is 6.16. The van der Waals surface area contributed by atoms with Crippen LogP contribution in [-0.4, -0.2) is 15.2 Å². The van der Waals surface area contributed by atoms with E-state index in [0.717, 1.165) is 5.56 Å². The number of benzene rings is 2. The molecular formula is C17H15Cl2N5. The molecule has 5 nitrogen and oxygen atoms in total. The van der Waals surface area contributed by atoms with Gasteiger partial charge in [-0.25, -0.2) is 0 Å². The lowest BCUT2D eigenvalue weighted by Gasteiger charge is -2.14. The first-order valence-corrected chi connectivity index (χ1v) is 8.11. The third-order valence-corrected chi connectivity index (χ3v) is 3.95. The van der Waals surface area contributed by atoms with E-state index in [-0.39, 0.29) is 6.04 Å². The van der Waals surface area contributed by atoms with Crippen molar-refractivity contribution in [3.05, 3.63) is 70.3 Å². The Kier molecular flexibility index (Phi) is 5.13. The lowest BCUT2D eigenvalue weighted by Crippen LogP contribution is -2.10. The molecular weight excluding hydrogens is 345 g/mol. The molecule has 2 aromatic carbocycles. The highest BCUT2D eigenvalue weighted by molar-refractivity contribution is 6.36. The average molecular weight is 360 g/mol. The van der Waals surface area contributed by atoms with Gasteiger partial charge in [-0.05, 0) is 30.7 Å². The fourth-order valence-electron chi connectivity index (χ4n) is 2.17. The van der Waals surface area contributed by atoms with Crippen LogP contribution in [0.25, 0.3) is 0 Å². The molecule has 0 amide bonds. The molecule has 1 heterocycles. The second-order valence-electron chi connectivity index (χ2n) is 5.19. The second kappa shape index (κ2) is 7.47. The largest absolute Gasteiger partial charge is 0.346 e. The van der Waals surface area contributed by atoms with E-state index in [9.17, 15) is 0 Å². The molecule has 3 rings (SSSR count). The summed E-state index contributed by atoms with van der Waals surface area (Å²) in [6.07, 6.45) is 1.53. The van der Waals surface area contributed by atoms with Gasteiger partial charge < -0.3 is 10.6 Å². The number of anilines is 3. The van der Waals surface area contributed by atoms with Gasteiger partial charge in [0.25, 0.3) is 0 Å². The first kappa shape index (κ1) is 16.5. The highest BCUT2D eigenvalue weighted by atomic mass is 35.5. The van der Waals surface area contributed by atoms with Crippen LogP contribution in [0.3, 0.4) is 0 Å². The summed E-state index contributed by atoms with van der Waals surface area (Å²) in [5.41, 5.74) is 1.84. The summed E-state index contributed by atoms with van der Waals surface area (Å²) >= 11 is 12.1. The molecule has 0 saturated carbocycles. The van der Waals surface area contributed by atoms with Crippen molar-refractivity contribution < 1.29 is 0 Å². The fraction of sp³-hybridized carbons (Fsp3) is 0.118. The number of nitrogens with one attached hydrogen (secondary N) is 2. The Balaban J connectivity index is 1.74. The standard InChI is InChI=1S/C17H15Cl2N5/c1-11(12-5-3-2-4-6-12)21-17-23-16(10-20-24-17)22-15-8-7-13(18)9-14(15)19/h2-11H,1H3,(H2,21,22,23,24). The highest BCUT2D eigenvalue weighted by Gasteiger charge is 2.09. The van der Waals surface area contributed by atoms with E-state index < -0.39 is 0 Å².